The van der Waals surface area contributed by atoms with Crippen molar-refractivity contribution < 1.29 is 4.39 Å². The number of nitrogens with zero attached hydrogens (tertiary/aromatic N) is 1. The van der Waals surface area contributed by atoms with Crippen LogP contribution in [0.3, 0.4) is 0 Å². The van der Waals surface area contributed by atoms with Gasteiger partial charge in [0.15, 0.2) is 0 Å². The van der Waals surface area contributed by atoms with Gasteiger partial charge in [-0.3, -0.25) is 0 Å². The molecule has 0 saturated carbocycles. The summed E-state index contributed by atoms with van der Waals surface area (Å²) in [5, 5.41) is 0.765. The van der Waals surface area contributed by atoms with E-state index in [1.165, 1.54) is 23.9 Å². The van der Waals surface area contributed by atoms with E-state index in [-0.39, 0.29) is 5.82 Å². The molecule has 0 spiro atoms. The van der Waals surface area contributed by atoms with Gasteiger partial charge < -0.3 is 5.43 Å². The number of halogens is 1. The third kappa shape index (κ3) is 2.71. The Labute approximate surface area is 96.9 Å². The maximum atomic E-state index is 12.9. The molecule has 0 bridgehead atoms. The van der Waals surface area contributed by atoms with Gasteiger partial charge in [0.1, 0.15) is 16.7 Å². The fourth-order valence-corrected chi connectivity index (χ4v) is 2.05. The van der Waals surface area contributed by atoms with E-state index < -0.39 is 0 Å². The zero-order valence-corrected chi connectivity index (χ0v) is 9.17. The zero-order chi connectivity index (χ0) is 11.4. The Kier molecular flexibility index (Phi) is 3.38. The van der Waals surface area contributed by atoms with Gasteiger partial charge in [-0.2, -0.15) is 0 Å². The van der Waals surface area contributed by atoms with Gasteiger partial charge in [0.05, 0.1) is 0 Å². The van der Waals surface area contributed by atoms with Crippen molar-refractivity contribution in [2.24, 2.45) is 5.84 Å². The molecule has 0 aliphatic heterocycles. The largest absolute Gasteiger partial charge is 0.308 e. The van der Waals surface area contributed by atoms with E-state index in [0.29, 0.717) is 5.82 Å². The molecule has 0 atom stereocenters. The fraction of sp³-hybridized carbons (Fsp3) is 0. The van der Waals surface area contributed by atoms with Crippen molar-refractivity contribution in [3.8, 4) is 0 Å². The predicted octanol–water partition coefficient (Wildman–Crippen LogP) is 2.66. The van der Waals surface area contributed by atoms with Crippen molar-refractivity contribution in [2.45, 2.75) is 9.92 Å². The van der Waals surface area contributed by atoms with Gasteiger partial charge in [-0.1, -0.05) is 23.9 Å². The van der Waals surface area contributed by atoms with Crippen LogP contribution >= 0.6 is 11.8 Å². The molecule has 2 aromatic rings. The minimum Gasteiger partial charge on any atom is -0.308 e. The molecule has 0 amide bonds. The molecule has 0 unspecified atom stereocenters. The van der Waals surface area contributed by atoms with Crippen LogP contribution in [0.25, 0.3) is 0 Å². The van der Waals surface area contributed by atoms with Crippen molar-refractivity contribution in [1.82, 2.24) is 4.98 Å². The number of pyridine rings is 1. The molecule has 1 heterocycles. The molecule has 0 aliphatic carbocycles. The highest BCUT2D eigenvalue weighted by Gasteiger charge is 2.00. The maximum Gasteiger partial charge on any atom is 0.141 e. The minimum absolute atomic E-state index is 0.252. The monoisotopic (exact) mass is 235 g/mol. The van der Waals surface area contributed by atoms with Crippen LogP contribution in [0.1, 0.15) is 0 Å². The number of nitrogen functional groups attached to an aromatic ring is 1. The van der Waals surface area contributed by atoms with E-state index in [0.717, 1.165) is 9.92 Å². The number of nitrogens with two attached hydrogens (primary N) is 1. The first kappa shape index (κ1) is 10.9. The average molecular weight is 235 g/mol. The molecule has 82 valence electrons. The molecular formula is C11H10FN3S. The van der Waals surface area contributed by atoms with Gasteiger partial charge in [-0.15, -0.1) is 0 Å². The number of aromatic nitrogens is 1. The first-order chi connectivity index (χ1) is 7.78. The van der Waals surface area contributed by atoms with Crippen LogP contribution in [0.5, 0.6) is 0 Å². The van der Waals surface area contributed by atoms with E-state index in [2.05, 4.69) is 10.4 Å². The molecule has 0 fully saturated rings. The summed E-state index contributed by atoms with van der Waals surface area (Å²) in [5.41, 5.74) is 2.47. The highest BCUT2D eigenvalue weighted by molar-refractivity contribution is 7.99. The highest BCUT2D eigenvalue weighted by atomic mass is 32.2. The lowest BCUT2D eigenvalue weighted by atomic mass is 10.4. The van der Waals surface area contributed by atoms with Gasteiger partial charge in [-0.05, 0) is 30.3 Å². The quantitative estimate of drug-likeness (QED) is 0.634. The molecule has 1 aromatic heterocycles. The summed E-state index contributed by atoms with van der Waals surface area (Å²) < 4.78 is 12.9. The summed E-state index contributed by atoms with van der Waals surface area (Å²) in [6.07, 6.45) is 0. The van der Waals surface area contributed by atoms with E-state index in [1.807, 2.05) is 18.2 Å². The third-order valence-corrected chi connectivity index (χ3v) is 2.82. The third-order valence-electron chi connectivity index (χ3n) is 1.89. The molecule has 0 radical (unpaired) electrons. The Hall–Kier alpha value is -1.59. The summed E-state index contributed by atoms with van der Waals surface area (Å²) in [6.45, 7) is 0. The summed E-state index contributed by atoms with van der Waals surface area (Å²) in [4.78, 5) is 5.03. The van der Waals surface area contributed by atoms with Crippen molar-refractivity contribution in [3.63, 3.8) is 0 Å². The number of rotatable bonds is 3. The summed E-state index contributed by atoms with van der Waals surface area (Å²) in [7, 11) is 0. The van der Waals surface area contributed by atoms with Crippen LogP contribution in [-0.2, 0) is 0 Å². The summed E-state index contributed by atoms with van der Waals surface area (Å²) in [6, 6.07) is 11.8. The van der Waals surface area contributed by atoms with Crippen molar-refractivity contribution in [1.29, 1.82) is 0 Å². The van der Waals surface area contributed by atoms with Crippen LogP contribution < -0.4 is 11.3 Å². The lowest BCUT2D eigenvalue weighted by Crippen LogP contribution is -2.08. The number of hydrogen-bond donors (Lipinski definition) is 2. The highest BCUT2D eigenvalue weighted by Crippen LogP contribution is 2.26. The van der Waals surface area contributed by atoms with Gasteiger partial charge in [0, 0.05) is 4.90 Å². The number of benzene rings is 1. The first-order valence-corrected chi connectivity index (χ1v) is 5.46. The smallest absolute Gasteiger partial charge is 0.141 e. The van der Waals surface area contributed by atoms with E-state index in [9.17, 15) is 4.39 Å². The summed E-state index contributed by atoms with van der Waals surface area (Å²) >= 11 is 1.38. The second-order valence-corrected chi connectivity index (χ2v) is 4.16. The average Bonchev–Trinajstić information content (AvgIpc) is 2.29. The van der Waals surface area contributed by atoms with Gasteiger partial charge in [0.25, 0.3) is 0 Å². The lowest BCUT2D eigenvalue weighted by molar-refractivity contribution is 0.624. The van der Waals surface area contributed by atoms with Crippen LogP contribution in [0.15, 0.2) is 52.4 Å². The van der Waals surface area contributed by atoms with Crippen molar-refractivity contribution >= 4 is 17.6 Å². The standard InChI is InChI=1S/C11H10FN3S/c12-8-3-1-4-9(7-8)16-11-6-2-5-10(14-11)15-13/h1-7H,13H2,(H,14,15). The molecule has 3 nitrogen and oxygen atoms in total. The minimum atomic E-state index is -0.252. The topological polar surface area (TPSA) is 50.9 Å². The molecule has 0 aliphatic rings. The summed E-state index contributed by atoms with van der Waals surface area (Å²) in [5.74, 6) is 5.59. The zero-order valence-electron chi connectivity index (χ0n) is 8.35. The lowest BCUT2D eigenvalue weighted by Gasteiger charge is -2.03. The molecule has 16 heavy (non-hydrogen) atoms. The van der Waals surface area contributed by atoms with Crippen molar-refractivity contribution in [3.05, 3.63) is 48.3 Å². The van der Waals surface area contributed by atoms with E-state index >= 15 is 0 Å². The number of hydrazine groups is 1. The molecule has 3 N–H and O–H groups in total. The Morgan fingerprint density at radius 2 is 2.00 bits per heavy atom. The normalized spacial score (nSPS) is 10.1. The van der Waals surface area contributed by atoms with Crippen molar-refractivity contribution in [2.75, 3.05) is 5.43 Å². The molecular weight excluding hydrogens is 225 g/mol. The molecule has 2 rings (SSSR count). The molecule has 5 heteroatoms. The first-order valence-electron chi connectivity index (χ1n) is 4.65. The fourth-order valence-electron chi connectivity index (χ4n) is 1.20. The Morgan fingerprint density at radius 3 is 2.75 bits per heavy atom. The van der Waals surface area contributed by atoms with Crippen LogP contribution in [-0.4, -0.2) is 4.98 Å². The van der Waals surface area contributed by atoms with Crippen LogP contribution in [0, 0.1) is 5.82 Å². The maximum absolute atomic E-state index is 12.9. The van der Waals surface area contributed by atoms with Crippen LogP contribution in [0.2, 0.25) is 0 Å². The van der Waals surface area contributed by atoms with Gasteiger partial charge in [0.2, 0.25) is 0 Å². The second kappa shape index (κ2) is 4.96. The van der Waals surface area contributed by atoms with Crippen LogP contribution in [0.4, 0.5) is 10.2 Å². The molecule has 0 saturated heterocycles. The van der Waals surface area contributed by atoms with Gasteiger partial charge >= 0.3 is 0 Å². The second-order valence-electron chi connectivity index (χ2n) is 3.06. The Morgan fingerprint density at radius 1 is 1.19 bits per heavy atom. The number of hydrogen-bond acceptors (Lipinski definition) is 4. The Bertz CT molecular complexity index is 490. The SMILES string of the molecule is NNc1cccc(Sc2cccc(F)c2)n1. The van der Waals surface area contributed by atoms with E-state index in [1.54, 1.807) is 12.1 Å². The number of anilines is 1. The van der Waals surface area contributed by atoms with E-state index in [4.69, 9.17) is 5.84 Å². The molecule has 1 aromatic carbocycles. The number of nitrogens with one attached hydrogen (secondary N) is 1. The predicted molar refractivity (Wildman–Crippen MR) is 62.6 cm³/mol. The van der Waals surface area contributed by atoms with Gasteiger partial charge in [-0.25, -0.2) is 15.2 Å². The Balaban J connectivity index is 2.20.